The summed E-state index contributed by atoms with van der Waals surface area (Å²) in [6, 6.07) is 20.8. The molecule has 1 aliphatic heterocycles. The second-order valence-electron chi connectivity index (χ2n) is 9.34. The molecule has 1 unspecified atom stereocenters. The zero-order chi connectivity index (χ0) is 25.4. The molecule has 0 radical (unpaired) electrons. The molecule has 184 valence electrons. The summed E-state index contributed by atoms with van der Waals surface area (Å²) >= 11 is 6.25. The summed E-state index contributed by atoms with van der Waals surface area (Å²) < 4.78 is 5.27. The van der Waals surface area contributed by atoms with Gasteiger partial charge in [-0.05, 0) is 59.4 Å². The van der Waals surface area contributed by atoms with Gasteiger partial charge in [0, 0.05) is 22.7 Å². The lowest BCUT2D eigenvalue weighted by Gasteiger charge is -2.27. The Balaban J connectivity index is 1.56. The highest BCUT2D eigenvalue weighted by atomic mass is 35.5. The van der Waals surface area contributed by atoms with Crippen molar-refractivity contribution < 1.29 is 14.6 Å². The fourth-order valence-electron chi connectivity index (χ4n) is 4.78. The largest absolute Gasteiger partial charge is 0.507 e. The number of fused-ring (bicyclic) bond motifs is 1. The van der Waals surface area contributed by atoms with Gasteiger partial charge in [0.25, 0.3) is 5.91 Å². The van der Waals surface area contributed by atoms with Crippen molar-refractivity contribution in [3.8, 4) is 22.8 Å². The zero-order valence-corrected chi connectivity index (χ0v) is 21.2. The Hall–Kier alpha value is -3.77. The summed E-state index contributed by atoms with van der Waals surface area (Å²) in [7, 11) is 1.64. The van der Waals surface area contributed by atoms with Crippen molar-refractivity contribution in [3.05, 3.63) is 99.7 Å². The Morgan fingerprint density at radius 1 is 1.08 bits per heavy atom. The van der Waals surface area contributed by atoms with Crippen molar-refractivity contribution in [2.75, 3.05) is 13.7 Å². The maximum Gasteiger partial charge on any atom is 0.273 e. The third-order valence-corrected chi connectivity index (χ3v) is 7.03. The second kappa shape index (κ2) is 9.70. The molecule has 1 amide bonds. The molecule has 0 saturated heterocycles. The summed E-state index contributed by atoms with van der Waals surface area (Å²) in [5.41, 5.74) is 5.55. The summed E-state index contributed by atoms with van der Waals surface area (Å²) in [5.74, 6) is 1.15. The lowest BCUT2D eigenvalue weighted by atomic mass is 9.93. The van der Waals surface area contributed by atoms with E-state index in [0.717, 1.165) is 22.4 Å². The standard InChI is InChI=1S/C29H28ClN3O3/c1-17(2)19-6-8-20(9-7-19)28-25-26(23-16-21(30)10-13-24(23)34)31-32-27(25)29(35)33(28)15-14-18-4-11-22(36-3)12-5-18/h4-13,16-17,28,34H,14-15H2,1-3H3,(H,31,32). The van der Waals surface area contributed by atoms with Crippen LogP contribution >= 0.6 is 11.6 Å². The zero-order valence-electron chi connectivity index (χ0n) is 20.5. The number of methoxy groups -OCH3 is 1. The Labute approximate surface area is 215 Å². The van der Waals surface area contributed by atoms with Crippen LogP contribution in [0.25, 0.3) is 11.3 Å². The van der Waals surface area contributed by atoms with Gasteiger partial charge in [-0.3, -0.25) is 9.89 Å². The van der Waals surface area contributed by atoms with Gasteiger partial charge in [0.05, 0.1) is 13.2 Å². The first kappa shape index (κ1) is 23.9. The Kier molecular flexibility index (Phi) is 6.46. The smallest absolute Gasteiger partial charge is 0.273 e. The lowest BCUT2D eigenvalue weighted by Crippen LogP contribution is -2.31. The van der Waals surface area contributed by atoms with Crippen LogP contribution in [0.2, 0.25) is 5.02 Å². The molecule has 1 aliphatic rings. The Bertz CT molecular complexity index is 1390. The van der Waals surface area contributed by atoms with Crippen molar-refractivity contribution in [3.63, 3.8) is 0 Å². The van der Waals surface area contributed by atoms with E-state index in [2.05, 4.69) is 48.3 Å². The van der Waals surface area contributed by atoms with Gasteiger partial charge >= 0.3 is 0 Å². The summed E-state index contributed by atoms with van der Waals surface area (Å²) in [4.78, 5) is 15.5. The van der Waals surface area contributed by atoms with Crippen LogP contribution in [-0.4, -0.2) is 39.8 Å². The monoisotopic (exact) mass is 501 g/mol. The molecule has 0 aliphatic carbocycles. The molecule has 5 rings (SSSR count). The predicted molar refractivity (Wildman–Crippen MR) is 141 cm³/mol. The Morgan fingerprint density at radius 2 is 1.81 bits per heavy atom. The maximum absolute atomic E-state index is 13.6. The second-order valence-corrected chi connectivity index (χ2v) is 9.78. The first-order valence-corrected chi connectivity index (χ1v) is 12.4. The molecular weight excluding hydrogens is 474 g/mol. The van der Waals surface area contributed by atoms with E-state index < -0.39 is 0 Å². The first-order valence-electron chi connectivity index (χ1n) is 12.0. The number of carbonyl (C=O) groups excluding carboxylic acids is 1. The number of phenols is 1. The number of halogens is 1. The average molecular weight is 502 g/mol. The maximum atomic E-state index is 13.6. The van der Waals surface area contributed by atoms with Crippen LogP contribution < -0.4 is 4.74 Å². The van der Waals surface area contributed by atoms with Gasteiger partial charge in [0.15, 0.2) is 0 Å². The van der Waals surface area contributed by atoms with E-state index in [1.165, 1.54) is 5.56 Å². The highest BCUT2D eigenvalue weighted by molar-refractivity contribution is 6.31. The minimum absolute atomic E-state index is 0.0618. The molecule has 36 heavy (non-hydrogen) atoms. The minimum atomic E-state index is -0.348. The number of aromatic hydroxyl groups is 1. The van der Waals surface area contributed by atoms with E-state index in [-0.39, 0.29) is 17.7 Å². The molecule has 2 N–H and O–H groups in total. The molecule has 0 bridgehead atoms. The van der Waals surface area contributed by atoms with E-state index in [4.69, 9.17) is 16.3 Å². The van der Waals surface area contributed by atoms with Crippen LogP contribution in [0.1, 0.15) is 58.5 Å². The SMILES string of the molecule is COc1ccc(CCN2C(=O)c3[nH]nc(-c4cc(Cl)ccc4O)c3C2c2ccc(C(C)C)cc2)cc1. The normalized spacial score (nSPS) is 15.0. The number of hydrogen-bond acceptors (Lipinski definition) is 4. The van der Waals surface area contributed by atoms with Gasteiger partial charge < -0.3 is 14.7 Å². The predicted octanol–water partition coefficient (Wildman–Crippen LogP) is 6.36. The molecule has 0 spiro atoms. The molecule has 3 aromatic carbocycles. The lowest BCUT2D eigenvalue weighted by molar-refractivity contribution is 0.0746. The number of ether oxygens (including phenoxy) is 1. The topological polar surface area (TPSA) is 78.5 Å². The third kappa shape index (κ3) is 4.33. The molecule has 1 aromatic heterocycles. The molecule has 2 heterocycles. The number of aromatic amines is 1. The number of H-pyrrole nitrogens is 1. The van der Waals surface area contributed by atoms with E-state index in [0.29, 0.717) is 40.9 Å². The van der Waals surface area contributed by atoms with Crippen LogP contribution in [0.4, 0.5) is 0 Å². The number of nitrogens with one attached hydrogen (secondary N) is 1. The van der Waals surface area contributed by atoms with Crippen LogP contribution in [0, 0.1) is 0 Å². The van der Waals surface area contributed by atoms with Gasteiger partial charge in [-0.15, -0.1) is 0 Å². The van der Waals surface area contributed by atoms with E-state index in [1.54, 1.807) is 25.3 Å². The number of rotatable bonds is 7. The van der Waals surface area contributed by atoms with Gasteiger partial charge in [-0.25, -0.2) is 0 Å². The highest BCUT2D eigenvalue weighted by Crippen LogP contribution is 2.45. The van der Waals surface area contributed by atoms with E-state index >= 15 is 0 Å². The number of aromatic nitrogens is 2. The summed E-state index contributed by atoms with van der Waals surface area (Å²) in [6.07, 6.45) is 0.686. The minimum Gasteiger partial charge on any atom is -0.507 e. The average Bonchev–Trinajstić information content (AvgIpc) is 3.43. The number of hydrogen-bond donors (Lipinski definition) is 2. The first-order chi connectivity index (χ1) is 17.4. The number of amides is 1. The van der Waals surface area contributed by atoms with Crippen LogP contribution in [0.5, 0.6) is 11.5 Å². The third-order valence-electron chi connectivity index (χ3n) is 6.80. The van der Waals surface area contributed by atoms with E-state index in [9.17, 15) is 9.90 Å². The van der Waals surface area contributed by atoms with Crippen molar-refractivity contribution in [1.29, 1.82) is 0 Å². The molecule has 0 fully saturated rings. The summed E-state index contributed by atoms with van der Waals surface area (Å²) in [6.45, 7) is 4.83. The van der Waals surface area contributed by atoms with Crippen LogP contribution in [-0.2, 0) is 6.42 Å². The van der Waals surface area contributed by atoms with Crippen molar-refractivity contribution in [2.24, 2.45) is 0 Å². The fraction of sp³-hybridized carbons (Fsp3) is 0.241. The molecule has 6 nitrogen and oxygen atoms in total. The Morgan fingerprint density at radius 3 is 2.47 bits per heavy atom. The van der Waals surface area contributed by atoms with Crippen molar-refractivity contribution >= 4 is 17.5 Å². The van der Waals surface area contributed by atoms with Gasteiger partial charge in [0.2, 0.25) is 0 Å². The molecule has 4 aromatic rings. The number of phenolic OH excluding ortho intramolecular Hbond substituents is 1. The van der Waals surface area contributed by atoms with Crippen molar-refractivity contribution in [2.45, 2.75) is 32.2 Å². The molecule has 0 saturated carbocycles. The summed E-state index contributed by atoms with van der Waals surface area (Å²) in [5, 5.41) is 18.5. The number of carbonyl (C=O) groups is 1. The molecule has 1 atom stereocenters. The fourth-order valence-corrected chi connectivity index (χ4v) is 4.95. The van der Waals surface area contributed by atoms with Crippen LogP contribution in [0.3, 0.4) is 0 Å². The molecular formula is C29H28ClN3O3. The number of nitrogens with zero attached hydrogens (tertiary/aromatic N) is 2. The van der Waals surface area contributed by atoms with Crippen LogP contribution in [0.15, 0.2) is 66.7 Å². The van der Waals surface area contributed by atoms with Crippen molar-refractivity contribution in [1.82, 2.24) is 15.1 Å². The number of benzene rings is 3. The van der Waals surface area contributed by atoms with Gasteiger partial charge in [0.1, 0.15) is 22.9 Å². The highest BCUT2D eigenvalue weighted by Gasteiger charge is 2.42. The molecule has 7 heteroatoms. The van der Waals surface area contributed by atoms with Gasteiger partial charge in [-0.2, -0.15) is 5.10 Å². The van der Waals surface area contributed by atoms with E-state index in [1.807, 2.05) is 29.2 Å². The quantitative estimate of drug-likeness (QED) is 0.309. The van der Waals surface area contributed by atoms with Gasteiger partial charge in [-0.1, -0.05) is 61.8 Å².